The van der Waals surface area contributed by atoms with Crippen LogP contribution in [0.4, 0.5) is 18.9 Å². The first-order valence-corrected chi connectivity index (χ1v) is 17.6. The number of carbonyl (C=O) groups excluding carboxylic acids is 4. The van der Waals surface area contributed by atoms with Crippen LogP contribution in [-0.4, -0.2) is 50.9 Å². The van der Waals surface area contributed by atoms with E-state index in [2.05, 4.69) is 0 Å². The van der Waals surface area contributed by atoms with E-state index >= 15 is 13.2 Å². The standard InChI is InChI=1S/C43H25F3N4O8/c1-20-4-8-23(9-5-20)49-38(55)30-18-32-33(19-31(30)39(49)56)41(58)50(40(32)57)25-12-10-24(11-13-25)48-36(53)27-15-7-22(17-29(27)37(48)54)42(2,43(44,45)46)21-6-14-26-28(16-21)35(52)47(3)34(26)51/h4-19H,1-3H3. The number of alkyl halides is 3. The number of benzene rings is 5. The summed E-state index contributed by atoms with van der Waals surface area (Å²) >= 11 is 0. The number of imide groups is 2. The molecule has 0 bridgehead atoms. The lowest BCUT2D eigenvalue weighted by Gasteiger charge is -2.33. The van der Waals surface area contributed by atoms with Gasteiger partial charge in [-0.05, 0) is 97.8 Å². The Bertz CT molecular complexity index is 3190. The Hall–Kier alpha value is -7.55. The summed E-state index contributed by atoms with van der Waals surface area (Å²) in [7, 11) is 1.22. The number of fused-ring (bicyclic) bond motifs is 4. The van der Waals surface area contributed by atoms with Gasteiger partial charge < -0.3 is 0 Å². The smallest absolute Gasteiger partial charge is 0.277 e. The van der Waals surface area contributed by atoms with Gasteiger partial charge in [-0.3, -0.25) is 43.3 Å². The SMILES string of the molecule is Cc1ccc(-n2c(=O)c3cc4c(=O)n(-c5ccc(N6C(=O)c7ccc(C(C)(c8ccc9c(c8)C(=O)N(C)C9=O)C(F)(F)F)cc7C6=O)cc5)c(=O)c4cc3c2=O)cc1. The highest BCUT2D eigenvalue weighted by atomic mass is 19.4. The van der Waals surface area contributed by atoms with Crippen molar-refractivity contribution in [2.75, 3.05) is 11.9 Å². The normalized spacial score (nSPS) is 15.2. The van der Waals surface area contributed by atoms with E-state index in [0.29, 0.717) is 5.69 Å². The molecule has 4 amide bonds. The number of amides is 4. The minimum Gasteiger partial charge on any atom is -0.277 e. The van der Waals surface area contributed by atoms with Crippen LogP contribution in [0.1, 0.15) is 65.0 Å². The zero-order valence-corrected chi connectivity index (χ0v) is 30.4. The van der Waals surface area contributed by atoms with Crippen molar-refractivity contribution in [2.24, 2.45) is 0 Å². The van der Waals surface area contributed by atoms with Crippen molar-refractivity contribution in [3.63, 3.8) is 0 Å². The van der Waals surface area contributed by atoms with E-state index in [9.17, 15) is 38.4 Å². The maximum absolute atomic E-state index is 15.0. The van der Waals surface area contributed by atoms with Gasteiger partial charge in [0, 0.05) is 7.05 Å². The number of aromatic nitrogens is 2. The van der Waals surface area contributed by atoms with Crippen LogP contribution >= 0.6 is 0 Å². The number of hydrogen-bond acceptors (Lipinski definition) is 8. The summed E-state index contributed by atoms with van der Waals surface area (Å²) in [5, 5.41) is -0.291. The summed E-state index contributed by atoms with van der Waals surface area (Å²) in [6.07, 6.45) is -4.97. The summed E-state index contributed by atoms with van der Waals surface area (Å²) in [5.74, 6) is -3.17. The van der Waals surface area contributed by atoms with Crippen molar-refractivity contribution in [3.8, 4) is 11.4 Å². The topological polar surface area (TPSA) is 153 Å². The molecule has 0 saturated heterocycles. The monoisotopic (exact) mass is 782 g/mol. The summed E-state index contributed by atoms with van der Waals surface area (Å²) in [6, 6.07) is 20.7. The first kappa shape index (κ1) is 36.1. The predicted octanol–water partition coefficient (Wildman–Crippen LogP) is 5.09. The molecule has 15 heteroatoms. The lowest BCUT2D eigenvalue weighted by Crippen LogP contribution is -2.41. The van der Waals surface area contributed by atoms with Gasteiger partial charge in [-0.15, -0.1) is 0 Å². The van der Waals surface area contributed by atoms with Crippen LogP contribution in [0, 0.1) is 6.92 Å². The molecule has 4 heterocycles. The molecule has 2 aliphatic rings. The fourth-order valence-corrected chi connectivity index (χ4v) is 7.84. The van der Waals surface area contributed by atoms with E-state index in [0.717, 1.165) is 67.8 Å². The molecule has 7 aromatic rings. The lowest BCUT2D eigenvalue weighted by atomic mass is 9.74. The van der Waals surface area contributed by atoms with Crippen LogP contribution in [0.3, 0.4) is 0 Å². The molecule has 58 heavy (non-hydrogen) atoms. The highest BCUT2D eigenvalue weighted by Gasteiger charge is 2.55. The van der Waals surface area contributed by atoms with Gasteiger partial charge in [0.05, 0.1) is 60.9 Å². The molecule has 286 valence electrons. The third-order valence-electron chi connectivity index (χ3n) is 11.2. The molecule has 0 spiro atoms. The van der Waals surface area contributed by atoms with Crippen LogP contribution in [0.2, 0.25) is 0 Å². The molecule has 1 atom stereocenters. The Kier molecular flexibility index (Phi) is 7.46. The minimum absolute atomic E-state index is 0.0102. The van der Waals surface area contributed by atoms with Gasteiger partial charge in [-0.1, -0.05) is 29.8 Å². The van der Waals surface area contributed by atoms with Crippen molar-refractivity contribution in [3.05, 3.63) is 177 Å². The highest BCUT2D eigenvalue weighted by molar-refractivity contribution is 6.34. The molecule has 0 saturated carbocycles. The van der Waals surface area contributed by atoms with Crippen molar-refractivity contribution >= 4 is 50.9 Å². The number of rotatable bonds is 5. The summed E-state index contributed by atoms with van der Waals surface area (Å²) in [5.41, 5.74) is -5.86. The molecule has 2 aliphatic heterocycles. The van der Waals surface area contributed by atoms with Gasteiger partial charge in [0.2, 0.25) is 0 Å². The van der Waals surface area contributed by atoms with Crippen molar-refractivity contribution in [2.45, 2.75) is 25.4 Å². The van der Waals surface area contributed by atoms with Gasteiger partial charge in [0.1, 0.15) is 5.41 Å². The Morgan fingerprint density at radius 2 is 0.810 bits per heavy atom. The van der Waals surface area contributed by atoms with E-state index in [4.69, 9.17) is 0 Å². The molecule has 0 N–H and O–H groups in total. The zero-order chi connectivity index (χ0) is 41.3. The summed E-state index contributed by atoms with van der Waals surface area (Å²) in [4.78, 5) is 108. The Morgan fingerprint density at radius 3 is 1.26 bits per heavy atom. The van der Waals surface area contributed by atoms with E-state index in [1.54, 1.807) is 24.3 Å². The molecule has 9 rings (SSSR count). The molecule has 5 aromatic carbocycles. The molecule has 0 fully saturated rings. The first-order valence-electron chi connectivity index (χ1n) is 17.6. The zero-order valence-electron chi connectivity index (χ0n) is 30.4. The molecular formula is C43H25F3N4O8. The number of halogens is 3. The lowest BCUT2D eigenvalue weighted by molar-refractivity contribution is -0.173. The van der Waals surface area contributed by atoms with Crippen LogP contribution in [0.5, 0.6) is 0 Å². The highest BCUT2D eigenvalue weighted by Crippen LogP contribution is 2.48. The minimum atomic E-state index is -4.97. The van der Waals surface area contributed by atoms with Crippen molar-refractivity contribution in [1.82, 2.24) is 14.0 Å². The average Bonchev–Trinajstić information content (AvgIpc) is 3.79. The number of carbonyl (C=O) groups is 4. The Balaban J connectivity index is 1.06. The van der Waals surface area contributed by atoms with Crippen LogP contribution in [0.15, 0.2) is 116 Å². The van der Waals surface area contributed by atoms with Crippen LogP contribution in [-0.2, 0) is 5.41 Å². The van der Waals surface area contributed by atoms with Gasteiger partial charge in [0.25, 0.3) is 45.9 Å². The number of aryl methyl sites for hydroxylation is 1. The van der Waals surface area contributed by atoms with E-state index in [1.165, 1.54) is 43.4 Å². The second kappa shape index (κ2) is 12.0. The van der Waals surface area contributed by atoms with Crippen molar-refractivity contribution in [1.29, 1.82) is 0 Å². The van der Waals surface area contributed by atoms with Gasteiger partial charge >= 0.3 is 6.18 Å². The van der Waals surface area contributed by atoms with Gasteiger partial charge in [-0.2, -0.15) is 13.2 Å². The fraction of sp³-hybridized carbons (Fsp3) is 0.116. The van der Waals surface area contributed by atoms with Gasteiger partial charge in [-0.25, -0.2) is 14.0 Å². The molecular weight excluding hydrogens is 757 g/mol. The average molecular weight is 783 g/mol. The maximum Gasteiger partial charge on any atom is 0.402 e. The number of hydrogen-bond donors (Lipinski definition) is 0. The second-order valence-corrected chi connectivity index (χ2v) is 14.4. The Morgan fingerprint density at radius 1 is 0.448 bits per heavy atom. The molecule has 0 aliphatic carbocycles. The third kappa shape index (κ3) is 4.76. The summed E-state index contributed by atoms with van der Waals surface area (Å²) in [6.45, 7) is 2.73. The molecule has 1 unspecified atom stereocenters. The quantitative estimate of drug-likeness (QED) is 0.219. The molecule has 12 nitrogen and oxygen atoms in total. The fourth-order valence-electron chi connectivity index (χ4n) is 7.84. The van der Waals surface area contributed by atoms with Crippen molar-refractivity contribution < 1.29 is 32.3 Å². The molecule has 0 radical (unpaired) electrons. The van der Waals surface area contributed by atoms with E-state index in [1.807, 2.05) is 6.92 Å². The number of nitrogens with zero attached hydrogens (tertiary/aromatic N) is 4. The third-order valence-corrected chi connectivity index (χ3v) is 11.2. The second-order valence-electron chi connectivity index (χ2n) is 14.4. The number of anilines is 1. The van der Waals surface area contributed by atoms with E-state index < -0.39 is 63.0 Å². The Labute approximate surface area is 322 Å². The molecule has 2 aromatic heterocycles. The maximum atomic E-state index is 15.0. The first-order chi connectivity index (χ1) is 27.4. The van der Waals surface area contributed by atoms with Crippen LogP contribution in [0.25, 0.3) is 32.9 Å². The predicted molar refractivity (Wildman–Crippen MR) is 205 cm³/mol. The largest absolute Gasteiger partial charge is 0.402 e. The summed E-state index contributed by atoms with van der Waals surface area (Å²) < 4.78 is 46.9. The van der Waals surface area contributed by atoms with E-state index in [-0.39, 0.29) is 60.7 Å². The van der Waals surface area contributed by atoms with Gasteiger partial charge in [0.15, 0.2) is 0 Å². The van der Waals surface area contributed by atoms with Crippen LogP contribution < -0.4 is 27.1 Å².